The summed E-state index contributed by atoms with van der Waals surface area (Å²) in [6.45, 7) is 0. The third kappa shape index (κ3) is 2.61. The van der Waals surface area contributed by atoms with Crippen LogP contribution in [0, 0.1) is 0 Å². The first-order valence-electron chi connectivity index (χ1n) is 2.95. The number of thiophene rings is 1. The molecule has 0 N–H and O–H groups in total. The van der Waals surface area contributed by atoms with E-state index in [9.17, 15) is 8.42 Å². The molecule has 0 aliphatic carbocycles. The Bertz CT molecular complexity index is 299. The molecule has 0 bridgehead atoms. The fourth-order valence-corrected chi connectivity index (χ4v) is 2.38. The summed E-state index contributed by atoms with van der Waals surface area (Å²) < 4.78 is 26.0. The zero-order chi connectivity index (χ0) is 8.32. The summed E-state index contributed by atoms with van der Waals surface area (Å²) >= 11 is 1.41. The fourth-order valence-electron chi connectivity index (χ4n) is 0.628. The van der Waals surface area contributed by atoms with E-state index < -0.39 is 10.1 Å². The monoisotopic (exact) mass is 192 g/mol. The van der Waals surface area contributed by atoms with Crippen molar-refractivity contribution in [1.29, 1.82) is 0 Å². The molecule has 0 amide bonds. The normalized spacial score (nSPS) is 11.7. The van der Waals surface area contributed by atoms with Gasteiger partial charge in [0.25, 0.3) is 10.1 Å². The third-order valence-corrected chi connectivity index (χ3v) is 3.38. The second-order valence-electron chi connectivity index (χ2n) is 1.95. The van der Waals surface area contributed by atoms with Crippen LogP contribution in [-0.2, 0) is 20.1 Å². The summed E-state index contributed by atoms with van der Waals surface area (Å²) in [5.74, 6) is -0.0266. The largest absolute Gasteiger partial charge is 0.273 e. The highest BCUT2D eigenvalue weighted by Crippen LogP contribution is 2.12. The van der Waals surface area contributed by atoms with Gasteiger partial charge in [-0.25, -0.2) is 0 Å². The lowest BCUT2D eigenvalue weighted by molar-refractivity contribution is 0.397. The Balaban J connectivity index is 2.72. The summed E-state index contributed by atoms with van der Waals surface area (Å²) in [7, 11) is -2.16. The summed E-state index contributed by atoms with van der Waals surface area (Å²) in [5.41, 5.74) is 0. The lowest BCUT2D eigenvalue weighted by Crippen LogP contribution is -2.04. The minimum absolute atomic E-state index is 0.0266. The first-order valence-corrected chi connectivity index (χ1v) is 5.40. The molecule has 11 heavy (non-hydrogen) atoms. The van der Waals surface area contributed by atoms with Crippen molar-refractivity contribution in [3.05, 3.63) is 22.4 Å². The van der Waals surface area contributed by atoms with E-state index in [-0.39, 0.29) is 5.75 Å². The second kappa shape index (κ2) is 3.34. The van der Waals surface area contributed by atoms with Gasteiger partial charge in [-0.2, -0.15) is 8.42 Å². The lowest BCUT2D eigenvalue weighted by Gasteiger charge is -1.96. The maximum atomic E-state index is 10.9. The molecule has 1 aromatic rings. The number of hydrogen-bond acceptors (Lipinski definition) is 4. The molecule has 3 nitrogen and oxygen atoms in total. The van der Waals surface area contributed by atoms with E-state index >= 15 is 0 Å². The maximum absolute atomic E-state index is 10.9. The van der Waals surface area contributed by atoms with Crippen molar-refractivity contribution >= 4 is 21.5 Å². The van der Waals surface area contributed by atoms with E-state index in [0.29, 0.717) is 0 Å². The molecule has 0 saturated carbocycles. The van der Waals surface area contributed by atoms with Crippen LogP contribution in [0.15, 0.2) is 17.5 Å². The second-order valence-corrected chi connectivity index (χ2v) is 4.72. The van der Waals surface area contributed by atoms with Crippen molar-refractivity contribution in [3.8, 4) is 0 Å². The van der Waals surface area contributed by atoms with Crippen LogP contribution in [0.2, 0.25) is 0 Å². The van der Waals surface area contributed by atoms with E-state index in [4.69, 9.17) is 0 Å². The van der Waals surface area contributed by atoms with Crippen LogP contribution in [0.25, 0.3) is 0 Å². The van der Waals surface area contributed by atoms with Gasteiger partial charge in [0.15, 0.2) is 0 Å². The van der Waals surface area contributed by atoms with E-state index in [0.717, 1.165) is 4.88 Å². The Morgan fingerprint density at radius 2 is 2.36 bits per heavy atom. The molecule has 0 unspecified atom stereocenters. The van der Waals surface area contributed by atoms with Crippen molar-refractivity contribution in [2.24, 2.45) is 0 Å². The Morgan fingerprint density at radius 3 is 2.82 bits per heavy atom. The van der Waals surface area contributed by atoms with Gasteiger partial charge in [-0.3, -0.25) is 4.18 Å². The van der Waals surface area contributed by atoms with Crippen molar-refractivity contribution in [2.75, 3.05) is 7.11 Å². The molecule has 1 heterocycles. The highest BCUT2D eigenvalue weighted by Gasteiger charge is 2.09. The molecule has 0 aliphatic rings. The van der Waals surface area contributed by atoms with Crippen molar-refractivity contribution < 1.29 is 12.6 Å². The van der Waals surface area contributed by atoms with Gasteiger partial charge in [0, 0.05) is 4.88 Å². The minimum Gasteiger partial charge on any atom is -0.273 e. The Hall–Kier alpha value is -0.390. The topological polar surface area (TPSA) is 43.4 Å². The number of hydrogen-bond donors (Lipinski definition) is 0. The molecule has 0 aliphatic heterocycles. The van der Waals surface area contributed by atoms with Crippen molar-refractivity contribution in [3.63, 3.8) is 0 Å². The first kappa shape index (κ1) is 8.70. The summed E-state index contributed by atoms with van der Waals surface area (Å²) in [6, 6.07) is 3.58. The average molecular weight is 192 g/mol. The van der Waals surface area contributed by atoms with Crippen molar-refractivity contribution in [2.45, 2.75) is 5.75 Å². The van der Waals surface area contributed by atoms with Gasteiger partial charge < -0.3 is 0 Å². The van der Waals surface area contributed by atoms with E-state index in [2.05, 4.69) is 4.18 Å². The van der Waals surface area contributed by atoms with Crippen LogP contribution in [0.1, 0.15) is 4.88 Å². The SMILES string of the molecule is COS(=O)(=O)Cc1cccs1. The van der Waals surface area contributed by atoms with Crippen molar-refractivity contribution in [1.82, 2.24) is 0 Å². The summed E-state index contributed by atoms with van der Waals surface area (Å²) in [6.07, 6.45) is 0. The molecule has 1 rings (SSSR count). The van der Waals surface area contributed by atoms with Gasteiger partial charge in [-0.05, 0) is 11.4 Å². The Labute approximate surface area is 69.7 Å². The molecular formula is C6H8O3S2. The molecule has 0 saturated heterocycles. The van der Waals surface area contributed by atoms with E-state index in [1.807, 2.05) is 11.4 Å². The van der Waals surface area contributed by atoms with Crippen LogP contribution in [0.4, 0.5) is 0 Å². The summed E-state index contributed by atoms with van der Waals surface area (Å²) in [4.78, 5) is 0.798. The van der Waals surface area contributed by atoms with Gasteiger partial charge in [-0.15, -0.1) is 11.3 Å². The zero-order valence-electron chi connectivity index (χ0n) is 5.98. The molecule has 1 aromatic heterocycles. The smallest absolute Gasteiger partial charge is 0.272 e. The van der Waals surface area contributed by atoms with Crippen LogP contribution in [-0.4, -0.2) is 15.5 Å². The quantitative estimate of drug-likeness (QED) is 0.676. The van der Waals surface area contributed by atoms with E-state index in [1.165, 1.54) is 18.4 Å². The lowest BCUT2D eigenvalue weighted by atomic mass is 10.5. The van der Waals surface area contributed by atoms with E-state index in [1.54, 1.807) is 6.07 Å². The molecule has 0 atom stereocenters. The molecule has 62 valence electrons. The van der Waals surface area contributed by atoms with Crippen LogP contribution >= 0.6 is 11.3 Å². The molecule has 0 fully saturated rings. The highest BCUT2D eigenvalue weighted by molar-refractivity contribution is 7.86. The molecule has 0 aromatic carbocycles. The van der Waals surface area contributed by atoms with Gasteiger partial charge in [0.1, 0.15) is 5.75 Å². The predicted molar refractivity (Wildman–Crippen MR) is 44.0 cm³/mol. The molecule has 0 spiro atoms. The molecule has 5 heteroatoms. The van der Waals surface area contributed by atoms with Gasteiger partial charge >= 0.3 is 0 Å². The van der Waals surface area contributed by atoms with Crippen LogP contribution in [0.5, 0.6) is 0 Å². The predicted octanol–water partition coefficient (Wildman–Crippen LogP) is 1.22. The zero-order valence-corrected chi connectivity index (χ0v) is 7.61. The Morgan fingerprint density at radius 1 is 1.64 bits per heavy atom. The van der Waals surface area contributed by atoms with Crippen LogP contribution in [0.3, 0.4) is 0 Å². The van der Waals surface area contributed by atoms with Gasteiger partial charge in [0.05, 0.1) is 7.11 Å². The van der Waals surface area contributed by atoms with Gasteiger partial charge in [-0.1, -0.05) is 6.07 Å². The number of rotatable bonds is 3. The standard InChI is InChI=1S/C6H8O3S2/c1-9-11(7,8)5-6-3-2-4-10-6/h2-4H,5H2,1H3. The fraction of sp³-hybridized carbons (Fsp3) is 0.333. The van der Waals surface area contributed by atoms with Crippen LogP contribution < -0.4 is 0 Å². The minimum atomic E-state index is -3.33. The molecular weight excluding hydrogens is 184 g/mol. The summed E-state index contributed by atoms with van der Waals surface area (Å²) in [5, 5.41) is 1.83. The first-order chi connectivity index (χ1) is 5.14. The average Bonchev–Trinajstić information content (AvgIpc) is 2.39. The Kier molecular flexibility index (Phi) is 2.64. The molecule has 0 radical (unpaired) electrons. The maximum Gasteiger partial charge on any atom is 0.272 e. The highest BCUT2D eigenvalue weighted by atomic mass is 32.2. The van der Waals surface area contributed by atoms with Gasteiger partial charge in [0.2, 0.25) is 0 Å². The third-order valence-electron chi connectivity index (χ3n) is 1.15.